The van der Waals surface area contributed by atoms with Gasteiger partial charge in [0, 0.05) is 6.54 Å². The molecule has 0 saturated carbocycles. The Morgan fingerprint density at radius 2 is 1.90 bits per heavy atom. The van der Waals surface area contributed by atoms with E-state index in [-0.39, 0.29) is 17.9 Å². The van der Waals surface area contributed by atoms with E-state index in [0.29, 0.717) is 12.0 Å². The summed E-state index contributed by atoms with van der Waals surface area (Å²) in [5, 5.41) is 11.8. The van der Waals surface area contributed by atoms with Gasteiger partial charge < -0.3 is 10.4 Å². The summed E-state index contributed by atoms with van der Waals surface area (Å²) in [7, 11) is 0. The Bertz CT molecular complexity index is 489. The van der Waals surface area contributed by atoms with Crippen molar-refractivity contribution >= 4 is 11.9 Å². The van der Waals surface area contributed by atoms with E-state index < -0.39 is 5.97 Å². The second-order valence-corrected chi connectivity index (χ2v) is 6.55. The first kappa shape index (κ1) is 17.2. The molecule has 0 atom stereocenters. The van der Waals surface area contributed by atoms with E-state index in [9.17, 15) is 9.59 Å². The van der Waals surface area contributed by atoms with Crippen molar-refractivity contribution in [2.45, 2.75) is 46.5 Å². The largest absolute Gasteiger partial charge is 0.478 e. The average Bonchev–Trinajstić information content (AvgIpc) is 2.37. The van der Waals surface area contributed by atoms with Crippen molar-refractivity contribution in [1.82, 2.24) is 5.32 Å². The maximum atomic E-state index is 11.8. The molecule has 0 aliphatic rings. The van der Waals surface area contributed by atoms with E-state index in [0.717, 1.165) is 24.8 Å². The van der Waals surface area contributed by atoms with Gasteiger partial charge in [0.15, 0.2) is 0 Å². The Balaban J connectivity index is 2.31. The van der Waals surface area contributed by atoms with Crippen LogP contribution < -0.4 is 5.32 Å². The lowest BCUT2D eigenvalue weighted by Crippen LogP contribution is -2.26. The van der Waals surface area contributed by atoms with Crippen LogP contribution in [-0.4, -0.2) is 23.5 Å². The van der Waals surface area contributed by atoms with E-state index >= 15 is 0 Å². The van der Waals surface area contributed by atoms with Gasteiger partial charge in [0.2, 0.25) is 5.91 Å². The third-order valence-electron chi connectivity index (χ3n) is 3.21. The number of carbonyl (C=O) groups is 2. The summed E-state index contributed by atoms with van der Waals surface area (Å²) in [6.07, 6.45) is 3.43. The summed E-state index contributed by atoms with van der Waals surface area (Å²) in [5.41, 5.74) is 1.27. The molecule has 4 nitrogen and oxygen atoms in total. The van der Waals surface area contributed by atoms with Crippen LogP contribution in [0.5, 0.6) is 0 Å². The standard InChI is InChI=1S/C17H25NO3/c1-17(2,3)9-4-5-10-18-15(19)12-13-7-6-8-14(11-13)16(20)21/h6-8,11H,4-5,9-10,12H2,1-3H3,(H,18,19)(H,20,21). The number of nitrogens with one attached hydrogen (secondary N) is 1. The van der Waals surface area contributed by atoms with Gasteiger partial charge in [-0.1, -0.05) is 39.3 Å². The molecule has 0 fully saturated rings. The highest BCUT2D eigenvalue weighted by atomic mass is 16.4. The van der Waals surface area contributed by atoms with Crippen LogP contribution in [0.3, 0.4) is 0 Å². The molecule has 0 aliphatic heterocycles. The molecule has 0 aliphatic carbocycles. The lowest BCUT2D eigenvalue weighted by Gasteiger charge is -2.17. The molecule has 2 N–H and O–H groups in total. The molecule has 0 spiro atoms. The predicted octanol–water partition coefficient (Wildman–Crippen LogP) is 3.26. The van der Waals surface area contributed by atoms with Crippen molar-refractivity contribution in [2.75, 3.05) is 6.54 Å². The van der Waals surface area contributed by atoms with Crippen LogP contribution in [0.15, 0.2) is 24.3 Å². The minimum absolute atomic E-state index is 0.0618. The number of aromatic carboxylic acids is 1. The molecule has 1 amide bonds. The van der Waals surface area contributed by atoms with E-state index in [1.54, 1.807) is 18.2 Å². The monoisotopic (exact) mass is 291 g/mol. The van der Waals surface area contributed by atoms with Crippen LogP contribution in [0.4, 0.5) is 0 Å². The van der Waals surface area contributed by atoms with Gasteiger partial charge in [-0.15, -0.1) is 0 Å². The Kier molecular flexibility index (Phi) is 6.40. The van der Waals surface area contributed by atoms with Crippen LogP contribution in [0.2, 0.25) is 0 Å². The molecular weight excluding hydrogens is 266 g/mol. The molecule has 1 aromatic rings. The lowest BCUT2D eigenvalue weighted by atomic mass is 9.90. The van der Waals surface area contributed by atoms with Crippen molar-refractivity contribution in [3.05, 3.63) is 35.4 Å². The van der Waals surface area contributed by atoms with Crippen molar-refractivity contribution in [2.24, 2.45) is 5.41 Å². The van der Waals surface area contributed by atoms with Crippen LogP contribution >= 0.6 is 0 Å². The second-order valence-electron chi connectivity index (χ2n) is 6.55. The maximum absolute atomic E-state index is 11.8. The highest BCUT2D eigenvalue weighted by molar-refractivity contribution is 5.88. The number of unbranched alkanes of at least 4 members (excludes halogenated alkanes) is 1. The third-order valence-corrected chi connectivity index (χ3v) is 3.21. The first-order chi connectivity index (χ1) is 9.78. The Morgan fingerprint density at radius 1 is 1.19 bits per heavy atom. The topological polar surface area (TPSA) is 66.4 Å². The molecule has 4 heteroatoms. The highest BCUT2D eigenvalue weighted by Gasteiger charge is 2.10. The zero-order valence-electron chi connectivity index (χ0n) is 13.1. The van der Waals surface area contributed by atoms with E-state index in [2.05, 4.69) is 26.1 Å². The number of amides is 1. The smallest absolute Gasteiger partial charge is 0.335 e. The first-order valence-electron chi connectivity index (χ1n) is 7.37. The van der Waals surface area contributed by atoms with Gasteiger partial charge in [-0.2, -0.15) is 0 Å². The summed E-state index contributed by atoms with van der Waals surface area (Å²) in [6.45, 7) is 7.30. The summed E-state index contributed by atoms with van der Waals surface area (Å²) in [4.78, 5) is 22.7. The Hall–Kier alpha value is -1.84. The van der Waals surface area contributed by atoms with Crippen LogP contribution in [0.1, 0.15) is 56.0 Å². The third kappa shape index (κ3) is 7.49. The van der Waals surface area contributed by atoms with Gasteiger partial charge >= 0.3 is 5.97 Å². The normalized spacial score (nSPS) is 11.2. The van der Waals surface area contributed by atoms with Gasteiger partial charge in [0.25, 0.3) is 0 Å². The number of carboxylic acids is 1. The number of hydrogen-bond donors (Lipinski definition) is 2. The summed E-state index contributed by atoms with van der Waals surface area (Å²) < 4.78 is 0. The summed E-state index contributed by atoms with van der Waals surface area (Å²) in [6, 6.07) is 6.50. The summed E-state index contributed by atoms with van der Waals surface area (Å²) in [5.74, 6) is -1.03. The van der Waals surface area contributed by atoms with Crippen LogP contribution in [0.25, 0.3) is 0 Å². The first-order valence-corrected chi connectivity index (χ1v) is 7.37. The molecule has 0 bridgehead atoms. The van der Waals surface area contributed by atoms with Crippen LogP contribution in [0, 0.1) is 5.41 Å². The molecule has 0 unspecified atom stereocenters. The summed E-state index contributed by atoms with van der Waals surface area (Å²) >= 11 is 0. The zero-order chi connectivity index (χ0) is 15.9. The van der Waals surface area contributed by atoms with E-state index in [4.69, 9.17) is 5.11 Å². The van der Waals surface area contributed by atoms with Crippen molar-refractivity contribution in [1.29, 1.82) is 0 Å². The fourth-order valence-corrected chi connectivity index (χ4v) is 2.07. The maximum Gasteiger partial charge on any atom is 0.335 e. The van der Waals surface area contributed by atoms with Gasteiger partial charge in [-0.05, 0) is 36.0 Å². The number of carbonyl (C=O) groups excluding carboxylic acids is 1. The van der Waals surface area contributed by atoms with Gasteiger partial charge in [-0.25, -0.2) is 4.79 Å². The molecule has 0 radical (unpaired) electrons. The van der Waals surface area contributed by atoms with E-state index in [1.807, 2.05) is 0 Å². The molecular formula is C17H25NO3. The Morgan fingerprint density at radius 3 is 2.52 bits per heavy atom. The van der Waals surface area contributed by atoms with Gasteiger partial charge in [0.1, 0.15) is 0 Å². The molecule has 21 heavy (non-hydrogen) atoms. The van der Waals surface area contributed by atoms with Gasteiger partial charge in [0.05, 0.1) is 12.0 Å². The Labute approximate surface area is 126 Å². The second kappa shape index (κ2) is 7.81. The fourth-order valence-electron chi connectivity index (χ4n) is 2.07. The number of carboxylic acid groups (broad SMARTS) is 1. The van der Waals surface area contributed by atoms with Crippen LogP contribution in [-0.2, 0) is 11.2 Å². The predicted molar refractivity (Wildman–Crippen MR) is 83.4 cm³/mol. The average molecular weight is 291 g/mol. The zero-order valence-corrected chi connectivity index (χ0v) is 13.1. The minimum Gasteiger partial charge on any atom is -0.478 e. The number of benzene rings is 1. The van der Waals surface area contributed by atoms with Crippen molar-refractivity contribution in [3.8, 4) is 0 Å². The number of rotatable bonds is 7. The van der Waals surface area contributed by atoms with E-state index in [1.165, 1.54) is 6.07 Å². The molecule has 116 valence electrons. The van der Waals surface area contributed by atoms with Crippen molar-refractivity contribution in [3.63, 3.8) is 0 Å². The number of hydrogen-bond acceptors (Lipinski definition) is 2. The minimum atomic E-state index is -0.973. The highest BCUT2D eigenvalue weighted by Crippen LogP contribution is 2.21. The molecule has 0 saturated heterocycles. The van der Waals surface area contributed by atoms with Gasteiger partial charge in [-0.3, -0.25) is 4.79 Å². The molecule has 1 rings (SSSR count). The lowest BCUT2D eigenvalue weighted by molar-refractivity contribution is -0.120. The molecule has 0 aromatic heterocycles. The fraction of sp³-hybridized carbons (Fsp3) is 0.529. The SMILES string of the molecule is CC(C)(C)CCCCNC(=O)Cc1cccc(C(=O)O)c1. The quantitative estimate of drug-likeness (QED) is 0.758. The molecule has 0 heterocycles. The molecule has 1 aromatic carbocycles. The van der Waals surface area contributed by atoms with Crippen molar-refractivity contribution < 1.29 is 14.7 Å².